The first-order valence-electron chi connectivity index (χ1n) is 5.05. The van der Waals surface area contributed by atoms with E-state index >= 15 is 0 Å². The van der Waals surface area contributed by atoms with E-state index in [0.29, 0.717) is 16.6 Å². The Kier molecular flexibility index (Phi) is 3.41. The average molecular weight is 255 g/mol. The first kappa shape index (κ1) is 11.4. The highest BCUT2D eigenvalue weighted by molar-refractivity contribution is 7.22. The fourth-order valence-electron chi connectivity index (χ4n) is 1.38. The summed E-state index contributed by atoms with van der Waals surface area (Å²) in [5.41, 5.74) is 0.751. The van der Waals surface area contributed by atoms with Crippen molar-refractivity contribution in [1.82, 2.24) is 4.98 Å². The number of carbonyl (C=O) groups is 1. The van der Waals surface area contributed by atoms with Crippen LogP contribution in [0.3, 0.4) is 0 Å². The summed E-state index contributed by atoms with van der Waals surface area (Å²) in [7, 11) is 0. The molecule has 2 rings (SSSR count). The molecule has 1 aromatic heterocycles. The maximum Gasteiger partial charge on any atom is 0.226 e. The lowest BCUT2D eigenvalue weighted by Gasteiger charge is -1.97. The zero-order chi connectivity index (χ0) is 11.5. The maximum atomic E-state index is 11.4. The summed E-state index contributed by atoms with van der Waals surface area (Å²) < 4.78 is 0.985. The molecule has 0 radical (unpaired) electrons. The van der Waals surface area contributed by atoms with Gasteiger partial charge in [0.15, 0.2) is 5.13 Å². The molecular formula is C11H11ClN2OS. The van der Waals surface area contributed by atoms with Crippen molar-refractivity contribution in [1.29, 1.82) is 0 Å². The van der Waals surface area contributed by atoms with E-state index in [-0.39, 0.29) is 5.91 Å². The maximum absolute atomic E-state index is 11.4. The minimum Gasteiger partial charge on any atom is -0.302 e. The Balaban J connectivity index is 2.26. The number of benzene rings is 1. The van der Waals surface area contributed by atoms with Crippen LogP contribution < -0.4 is 5.32 Å². The van der Waals surface area contributed by atoms with E-state index in [1.807, 2.05) is 19.1 Å². The third-order valence-electron chi connectivity index (χ3n) is 2.09. The molecule has 1 amide bonds. The van der Waals surface area contributed by atoms with Gasteiger partial charge in [0, 0.05) is 6.42 Å². The number of amides is 1. The molecule has 1 aromatic carbocycles. The van der Waals surface area contributed by atoms with Gasteiger partial charge in [0.25, 0.3) is 0 Å². The molecule has 2 aromatic rings. The van der Waals surface area contributed by atoms with Crippen LogP contribution in [0.2, 0.25) is 5.02 Å². The topological polar surface area (TPSA) is 42.0 Å². The highest BCUT2D eigenvalue weighted by atomic mass is 35.5. The Morgan fingerprint density at radius 2 is 2.38 bits per heavy atom. The third kappa shape index (κ3) is 2.33. The largest absolute Gasteiger partial charge is 0.302 e. The molecule has 1 N–H and O–H groups in total. The van der Waals surface area contributed by atoms with Gasteiger partial charge in [0.1, 0.15) is 5.52 Å². The predicted molar refractivity (Wildman–Crippen MR) is 68.2 cm³/mol. The molecule has 0 aliphatic carbocycles. The SMILES string of the molecule is CCCC(=O)Nc1nc2c(Cl)cccc2s1. The summed E-state index contributed by atoms with van der Waals surface area (Å²) >= 11 is 7.44. The number of thiazole rings is 1. The first-order valence-corrected chi connectivity index (χ1v) is 6.25. The van der Waals surface area contributed by atoms with Crippen LogP contribution in [0, 0.1) is 0 Å². The van der Waals surface area contributed by atoms with Gasteiger partial charge in [-0.15, -0.1) is 0 Å². The molecule has 3 nitrogen and oxygen atoms in total. The summed E-state index contributed by atoms with van der Waals surface area (Å²) in [6, 6.07) is 5.61. The predicted octanol–water partition coefficient (Wildman–Crippen LogP) is 3.69. The van der Waals surface area contributed by atoms with E-state index in [9.17, 15) is 4.79 Å². The molecule has 0 fully saturated rings. The van der Waals surface area contributed by atoms with Gasteiger partial charge in [-0.3, -0.25) is 4.79 Å². The molecular weight excluding hydrogens is 244 g/mol. The van der Waals surface area contributed by atoms with Crippen LogP contribution in [-0.4, -0.2) is 10.9 Å². The van der Waals surface area contributed by atoms with Crippen molar-refractivity contribution in [2.45, 2.75) is 19.8 Å². The smallest absolute Gasteiger partial charge is 0.226 e. The van der Waals surface area contributed by atoms with E-state index in [1.54, 1.807) is 6.07 Å². The van der Waals surface area contributed by atoms with Gasteiger partial charge in [-0.1, -0.05) is 35.9 Å². The Labute approximate surface area is 102 Å². The van der Waals surface area contributed by atoms with Gasteiger partial charge < -0.3 is 5.32 Å². The first-order chi connectivity index (χ1) is 7.70. The van der Waals surface area contributed by atoms with Gasteiger partial charge in [-0.2, -0.15) is 0 Å². The van der Waals surface area contributed by atoms with E-state index in [4.69, 9.17) is 11.6 Å². The highest BCUT2D eigenvalue weighted by Gasteiger charge is 2.08. The van der Waals surface area contributed by atoms with Crippen molar-refractivity contribution in [3.63, 3.8) is 0 Å². The summed E-state index contributed by atoms with van der Waals surface area (Å²) in [5, 5.41) is 4.00. The lowest BCUT2D eigenvalue weighted by molar-refractivity contribution is -0.116. The molecule has 5 heteroatoms. The van der Waals surface area contributed by atoms with Crippen LogP contribution in [0.1, 0.15) is 19.8 Å². The number of rotatable bonds is 3. The lowest BCUT2D eigenvalue weighted by Crippen LogP contribution is -2.09. The van der Waals surface area contributed by atoms with E-state index < -0.39 is 0 Å². The standard InChI is InChI=1S/C11H11ClN2OS/c1-2-4-9(15)13-11-14-10-7(12)5-3-6-8(10)16-11/h3,5-6H,2,4H2,1H3,(H,13,14,15). The second-order valence-corrected chi connectivity index (χ2v) is 4.84. The molecule has 0 spiro atoms. The van der Waals surface area contributed by atoms with E-state index in [0.717, 1.165) is 16.6 Å². The van der Waals surface area contributed by atoms with Gasteiger partial charge in [-0.25, -0.2) is 4.98 Å². The van der Waals surface area contributed by atoms with Crippen LogP contribution in [0.5, 0.6) is 0 Å². The number of nitrogens with zero attached hydrogens (tertiary/aromatic N) is 1. The average Bonchev–Trinajstić information content (AvgIpc) is 2.62. The molecule has 0 unspecified atom stereocenters. The van der Waals surface area contributed by atoms with Crippen molar-refractivity contribution in [3.8, 4) is 0 Å². The molecule has 0 aliphatic rings. The van der Waals surface area contributed by atoms with Crippen LogP contribution in [0.4, 0.5) is 5.13 Å². The number of halogens is 1. The zero-order valence-electron chi connectivity index (χ0n) is 8.79. The quantitative estimate of drug-likeness (QED) is 0.908. The molecule has 84 valence electrons. The van der Waals surface area contributed by atoms with Crippen LogP contribution >= 0.6 is 22.9 Å². The number of fused-ring (bicyclic) bond motifs is 1. The van der Waals surface area contributed by atoms with Crippen molar-refractivity contribution in [2.75, 3.05) is 5.32 Å². The molecule has 0 saturated carbocycles. The summed E-state index contributed by atoms with van der Waals surface area (Å²) in [6.45, 7) is 1.97. The Hall–Kier alpha value is -1.13. The minimum atomic E-state index is -0.00215. The highest BCUT2D eigenvalue weighted by Crippen LogP contribution is 2.30. The van der Waals surface area contributed by atoms with Crippen molar-refractivity contribution >= 4 is 44.2 Å². The van der Waals surface area contributed by atoms with Crippen molar-refractivity contribution in [3.05, 3.63) is 23.2 Å². The number of nitrogens with one attached hydrogen (secondary N) is 1. The molecule has 0 saturated heterocycles. The Morgan fingerprint density at radius 1 is 1.56 bits per heavy atom. The summed E-state index contributed by atoms with van der Waals surface area (Å²) in [4.78, 5) is 15.7. The molecule has 0 aliphatic heterocycles. The number of anilines is 1. The number of aromatic nitrogens is 1. The minimum absolute atomic E-state index is 0.00215. The second kappa shape index (κ2) is 4.80. The van der Waals surface area contributed by atoms with Crippen molar-refractivity contribution in [2.24, 2.45) is 0 Å². The Morgan fingerprint density at radius 3 is 3.06 bits per heavy atom. The Bertz CT molecular complexity index is 524. The summed E-state index contributed by atoms with van der Waals surface area (Å²) in [6.07, 6.45) is 1.35. The van der Waals surface area contributed by atoms with Gasteiger partial charge in [0.05, 0.1) is 9.72 Å². The number of hydrogen-bond acceptors (Lipinski definition) is 3. The van der Waals surface area contributed by atoms with E-state index in [1.165, 1.54) is 11.3 Å². The van der Waals surface area contributed by atoms with Crippen LogP contribution in [0.15, 0.2) is 18.2 Å². The fraction of sp³-hybridized carbons (Fsp3) is 0.273. The second-order valence-electron chi connectivity index (χ2n) is 3.40. The van der Waals surface area contributed by atoms with E-state index in [2.05, 4.69) is 10.3 Å². The molecule has 0 atom stereocenters. The number of carbonyl (C=O) groups excluding carboxylic acids is 1. The zero-order valence-corrected chi connectivity index (χ0v) is 10.4. The normalized spacial score (nSPS) is 10.6. The molecule has 1 heterocycles. The number of hydrogen-bond donors (Lipinski definition) is 1. The fourth-order valence-corrected chi connectivity index (χ4v) is 2.56. The third-order valence-corrected chi connectivity index (χ3v) is 3.33. The van der Waals surface area contributed by atoms with Gasteiger partial charge >= 0.3 is 0 Å². The lowest BCUT2D eigenvalue weighted by atomic mass is 10.3. The number of para-hydroxylation sites is 1. The molecule has 16 heavy (non-hydrogen) atoms. The summed E-state index contributed by atoms with van der Waals surface area (Å²) in [5.74, 6) is -0.00215. The molecule has 0 bridgehead atoms. The van der Waals surface area contributed by atoms with Gasteiger partial charge in [0.2, 0.25) is 5.91 Å². The van der Waals surface area contributed by atoms with Crippen LogP contribution in [0.25, 0.3) is 10.2 Å². The monoisotopic (exact) mass is 254 g/mol. The van der Waals surface area contributed by atoms with Crippen LogP contribution in [-0.2, 0) is 4.79 Å². The van der Waals surface area contributed by atoms with Crippen molar-refractivity contribution < 1.29 is 4.79 Å². The van der Waals surface area contributed by atoms with Gasteiger partial charge in [-0.05, 0) is 18.6 Å².